The fourth-order valence-corrected chi connectivity index (χ4v) is 2.78. The number of hydrogen-bond donors (Lipinski definition) is 3. The highest BCUT2D eigenvalue weighted by molar-refractivity contribution is 7.10. The molecule has 1 amide bonds. The Morgan fingerprint density at radius 1 is 1.40 bits per heavy atom. The van der Waals surface area contributed by atoms with Gasteiger partial charge in [-0.25, -0.2) is 0 Å². The Morgan fingerprint density at radius 3 is 3.15 bits per heavy atom. The lowest BCUT2D eigenvalue weighted by atomic mass is 10.2. The normalized spacial score (nSPS) is 10.7. The molecule has 2 heterocycles. The highest BCUT2D eigenvalue weighted by atomic mass is 32.1. The van der Waals surface area contributed by atoms with Crippen molar-refractivity contribution in [3.05, 3.63) is 40.7 Å². The lowest BCUT2D eigenvalue weighted by molar-refractivity contribution is -0.114. The van der Waals surface area contributed by atoms with E-state index in [2.05, 4.69) is 20.8 Å². The molecule has 102 valence electrons. The third kappa shape index (κ3) is 2.65. The maximum Gasteiger partial charge on any atom is 0.221 e. The van der Waals surface area contributed by atoms with Crippen molar-refractivity contribution in [2.24, 2.45) is 0 Å². The molecule has 0 bridgehead atoms. The van der Waals surface area contributed by atoms with Gasteiger partial charge in [0.25, 0.3) is 0 Å². The van der Waals surface area contributed by atoms with Gasteiger partial charge in [0.2, 0.25) is 5.91 Å². The molecule has 0 spiro atoms. The van der Waals surface area contributed by atoms with Crippen molar-refractivity contribution in [2.45, 2.75) is 13.5 Å². The van der Waals surface area contributed by atoms with Crippen LogP contribution in [0.1, 0.15) is 11.8 Å². The SMILES string of the molecule is CC(=O)Nc1ccsc1CNc1ccc2cn[nH]c2c1. The molecule has 3 aromatic rings. The number of fused-ring (bicyclic) bond motifs is 1. The van der Waals surface area contributed by atoms with Crippen LogP contribution in [0.5, 0.6) is 0 Å². The predicted octanol–water partition coefficient (Wildman–Crippen LogP) is 3.19. The number of nitrogens with one attached hydrogen (secondary N) is 3. The van der Waals surface area contributed by atoms with Crippen LogP contribution in [0.3, 0.4) is 0 Å². The van der Waals surface area contributed by atoms with Crippen LogP contribution in [-0.4, -0.2) is 16.1 Å². The van der Waals surface area contributed by atoms with E-state index >= 15 is 0 Å². The molecule has 0 saturated carbocycles. The minimum Gasteiger partial charge on any atom is -0.380 e. The van der Waals surface area contributed by atoms with Crippen LogP contribution in [0.15, 0.2) is 35.8 Å². The largest absolute Gasteiger partial charge is 0.380 e. The maximum atomic E-state index is 11.1. The molecule has 0 radical (unpaired) electrons. The smallest absolute Gasteiger partial charge is 0.221 e. The second-order valence-corrected chi connectivity index (χ2v) is 5.46. The van der Waals surface area contributed by atoms with Gasteiger partial charge in [-0.1, -0.05) is 0 Å². The summed E-state index contributed by atoms with van der Waals surface area (Å²) in [6.07, 6.45) is 1.80. The van der Waals surface area contributed by atoms with Gasteiger partial charge in [-0.2, -0.15) is 5.10 Å². The number of hydrogen-bond acceptors (Lipinski definition) is 4. The van der Waals surface area contributed by atoms with Crippen LogP contribution in [0, 0.1) is 0 Å². The minimum absolute atomic E-state index is 0.0523. The molecule has 0 unspecified atom stereocenters. The molecule has 0 aliphatic heterocycles. The van der Waals surface area contributed by atoms with Crippen molar-refractivity contribution in [1.82, 2.24) is 10.2 Å². The van der Waals surface area contributed by atoms with Gasteiger partial charge < -0.3 is 10.6 Å². The number of H-pyrrole nitrogens is 1. The zero-order valence-electron chi connectivity index (χ0n) is 10.9. The number of aromatic amines is 1. The molecule has 6 heteroatoms. The third-order valence-corrected chi connectivity index (χ3v) is 3.87. The number of benzene rings is 1. The van der Waals surface area contributed by atoms with E-state index in [1.807, 2.05) is 29.6 Å². The van der Waals surface area contributed by atoms with Crippen LogP contribution in [0.4, 0.5) is 11.4 Å². The number of rotatable bonds is 4. The molecule has 20 heavy (non-hydrogen) atoms. The molecule has 1 aromatic carbocycles. The summed E-state index contributed by atoms with van der Waals surface area (Å²) in [5, 5.41) is 16.2. The fraction of sp³-hybridized carbons (Fsp3) is 0.143. The molecule has 3 rings (SSSR count). The molecule has 5 nitrogen and oxygen atoms in total. The second-order valence-electron chi connectivity index (χ2n) is 4.46. The lowest BCUT2D eigenvalue weighted by Crippen LogP contribution is -2.08. The summed E-state index contributed by atoms with van der Waals surface area (Å²) in [5.74, 6) is -0.0523. The van der Waals surface area contributed by atoms with Crippen molar-refractivity contribution >= 4 is 39.5 Å². The maximum absolute atomic E-state index is 11.1. The summed E-state index contributed by atoms with van der Waals surface area (Å²) < 4.78 is 0. The lowest BCUT2D eigenvalue weighted by Gasteiger charge is -2.07. The number of carbonyl (C=O) groups excluding carboxylic acids is 1. The molecular formula is C14H14N4OS. The Bertz CT molecular complexity index is 746. The van der Waals surface area contributed by atoms with Crippen LogP contribution in [0.2, 0.25) is 0 Å². The first-order valence-corrected chi connectivity index (χ1v) is 7.11. The van der Waals surface area contributed by atoms with Gasteiger partial charge in [-0.05, 0) is 29.6 Å². The number of nitrogens with zero attached hydrogens (tertiary/aromatic N) is 1. The minimum atomic E-state index is -0.0523. The fourth-order valence-electron chi connectivity index (χ4n) is 2.01. The number of anilines is 2. The predicted molar refractivity (Wildman–Crippen MR) is 82.0 cm³/mol. The van der Waals surface area contributed by atoms with Gasteiger partial charge in [-0.15, -0.1) is 11.3 Å². The Labute approximate surface area is 120 Å². The monoisotopic (exact) mass is 286 g/mol. The van der Waals surface area contributed by atoms with Gasteiger partial charge in [0.05, 0.1) is 23.9 Å². The van der Waals surface area contributed by atoms with Crippen molar-refractivity contribution in [1.29, 1.82) is 0 Å². The van der Waals surface area contributed by atoms with Crippen molar-refractivity contribution in [2.75, 3.05) is 10.6 Å². The van der Waals surface area contributed by atoms with Gasteiger partial charge >= 0.3 is 0 Å². The number of carbonyl (C=O) groups is 1. The first-order valence-electron chi connectivity index (χ1n) is 6.23. The summed E-state index contributed by atoms with van der Waals surface area (Å²) in [7, 11) is 0. The Kier molecular flexibility index (Phi) is 3.39. The van der Waals surface area contributed by atoms with Gasteiger partial charge in [0.1, 0.15) is 0 Å². The van der Waals surface area contributed by atoms with Gasteiger partial charge in [0, 0.05) is 22.9 Å². The third-order valence-electron chi connectivity index (χ3n) is 2.95. The van der Waals surface area contributed by atoms with Crippen molar-refractivity contribution in [3.8, 4) is 0 Å². The van der Waals surface area contributed by atoms with Gasteiger partial charge in [-0.3, -0.25) is 9.89 Å². The van der Waals surface area contributed by atoms with Crippen molar-refractivity contribution in [3.63, 3.8) is 0 Å². The first kappa shape index (κ1) is 12.7. The topological polar surface area (TPSA) is 69.8 Å². The zero-order chi connectivity index (χ0) is 13.9. The van der Waals surface area contributed by atoms with E-state index in [9.17, 15) is 4.79 Å². The van der Waals surface area contributed by atoms with Crippen LogP contribution in [0.25, 0.3) is 10.9 Å². The molecule has 3 N–H and O–H groups in total. The van der Waals surface area contributed by atoms with E-state index in [0.29, 0.717) is 6.54 Å². The van der Waals surface area contributed by atoms with Crippen LogP contribution >= 0.6 is 11.3 Å². The molecule has 0 aliphatic carbocycles. The van der Waals surface area contributed by atoms with E-state index < -0.39 is 0 Å². The average Bonchev–Trinajstić information content (AvgIpc) is 3.03. The zero-order valence-corrected chi connectivity index (χ0v) is 11.8. The highest BCUT2D eigenvalue weighted by Crippen LogP contribution is 2.24. The van der Waals surface area contributed by atoms with E-state index in [1.165, 1.54) is 6.92 Å². The molecule has 0 aliphatic rings. The molecule has 0 fully saturated rings. The highest BCUT2D eigenvalue weighted by Gasteiger charge is 2.06. The van der Waals surface area contributed by atoms with Crippen LogP contribution in [-0.2, 0) is 11.3 Å². The van der Waals surface area contributed by atoms with Gasteiger partial charge in [0.15, 0.2) is 0 Å². The van der Waals surface area contributed by atoms with Crippen LogP contribution < -0.4 is 10.6 Å². The summed E-state index contributed by atoms with van der Waals surface area (Å²) in [6.45, 7) is 2.19. The second kappa shape index (κ2) is 5.34. The Morgan fingerprint density at radius 2 is 2.30 bits per heavy atom. The van der Waals surface area contributed by atoms with E-state index in [-0.39, 0.29) is 5.91 Å². The van der Waals surface area contributed by atoms with E-state index in [1.54, 1.807) is 17.5 Å². The quantitative estimate of drug-likeness (QED) is 0.690. The number of aromatic nitrogens is 2. The summed E-state index contributed by atoms with van der Waals surface area (Å²) in [5.41, 5.74) is 2.89. The Balaban J connectivity index is 1.72. The van der Waals surface area contributed by atoms with E-state index in [0.717, 1.165) is 27.2 Å². The standard InChI is InChI=1S/C14H14N4OS/c1-9(19)17-12-4-5-20-14(12)8-15-11-3-2-10-7-16-18-13(10)6-11/h2-7,15H,8H2,1H3,(H,16,18)(H,17,19). The molecule has 0 atom stereocenters. The van der Waals surface area contributed by atoms with Crippen molar-refractivity contribution < 1.29 is 4.79 Å². The Hall–Kier alpha value is -2.34. The number of thiophene rings is 1. The molecular weight excluding hydrogens is 272 g/mol. The average molecular weight is 286 g/mol. The first-order chi connectivity index (χ1) is 9.72. The van der Waals surface area contributed by atoms with E-state index in [4.69, 9.17) is 0 Å². The summed E-state index contributed by atoms with van der Waals surface area (Å²) in [6, 6.07) is 7.98. The molecule has 2 aromatic heterocycles. The molecule has 0 saturated heterocycles. The summed E-state index contributed by atoms with van der Waals surface area (Å²) in [4.78, 5) is 12.2. The number of amides is 1. The summed E-state index contributed by atoms with van der Waals surface area (Å²) >= 11 is 1.62.